The van der Waals surface area contributed by atoms with Gasteiger partial charge in [0.25, 0.3) is 5.91 Å². The molecule has 8 nitrogen and oxygen atoms in total. The topological polar surface area (TPSA) is 105 Å². The van der Waals surface area contributed by atoms with E-state index in [1.165, 1.54) is 12.1 Å². The molecule has 3 N–H and O–H groups in total. The van der Waals surface area contributed by atoms with Gasteiger partial charge in [-0.15, -0.1) is 10.2 Å². The number of ether oxygens (including phenoxy) is 1. The SMILES string of the molecule is Cc1cc(F)cc(C)c1Oc1ccc(C(C)(C)O)cc1-c1cn2c(C)nnc2c2[nH]c(C(=O)NCC(C)(C)C)cc12. The number of aromatic nitrogens is 4. The van der Waals surface area contributed by atoms with Gasteiger partial charge in [0.05, 0.1) is 11.1 Å². The van der Waals surface area contributed by atoms with Gasteiger partial charge >= 0.3 is 0 Å². The highest BCUT2D eigenvalue weighted by Crippen LogP contribution is 2.42. The summed E-state index contributed by atoms with van der Waals surface area (Å²) in [7, 11) is 0. The van der Waals surface area contributed by atoms with Crippen molar-refractivity contribution in [2.75, 3.05) is 6.54 Å². The number of H-pyrrole nitrogens is 1. The van der Waals surface area contributed by atoms with Gasteiger partial charge in [-0.3, -0.25) is 9.20 Å². The number of pyridine rings is 1. The zero-order valence-corrected chi connectivity index (χ0v) is 24.7. The van der Waals surface area contributed by atoms with Crippen molar-refractivity contribution in [3.05, 3.63) is 76.6 Å². The number of carbonyl (C=O) groups excluding carboxylic acids is 1. The van der Waals surface area contributed by atoms with Gasteiger partial charge in [-0.25, -0.2) is 4.39 Å². The van der Waals surface area contributed by atoms with Gasteiger partial charge in [-0.1, -0.05) is 26.8 Å². The Bertz CT molecular complexity index is 1780. The van der Waals surface area contributed by atoms with Crippen LogP contribution in [0, 0.1) is 32.0 Å². The first-order valence-corrected chi connectivity index (χ1v) is 13.6. The molecule has 41 heavy (non-hydrogen) atoms. The van der Waals surface area contributed by atoms with Crippen LogP contribution in [0.5, 0.6) is 11.5 Å². The second kappa shape index (κ2) is 9.99. The Morgan fingerprint density at radius 2 is 1.71 bits per heavy atom. The van der Waals surface area contributed by atoms with Crippen LogP contribution in [0.25, 0.3) is 27.7 Å². The van der Waals surface area contributed by atoms with E-state index in [-0.39, 0.29) is 17.1 Å². The van der Waals surface area contributed by atoms with Crippen LogP contribution in [-0.4, -0.2) is 37.1 Å². The monoisotopic (exact) mass is 557 g/mol. The first-order chi connectivity index (χ1) is 19.1. The third-order valence-corrected chi connectivity index (χ3v) is 7.09. The maximum absolute atomic E-state index is 14.1. The van der Waals surface area contributed by atoms with E-state index in [0.29, 0.717) is 63.0 Å². The van der Waals surface area contributed by atoms with Gasteiger partial charge in [-0.2, -0.15) is 0 Å². The van der Waals surface area contributed by atoms with Crippen LogP contribution in [0.4, 0.5) is 4.39 Å². The van der Waals surface area contributed by atoms with E-state index in [4.69, 9.17) is 4.74 Å². The molecule has 0 unspecified atom stereocenters. The maximum Gasteiger partial charge on any atom is 0.267 e. The first kappa shape index (κ1) is 28.3. The molecule has 0 radical (unpaired) electrons. The molecule has 0 spiro atoms. The Labute approximate surface area is 238 Å². The van der Waals surface area contributed by atoms with E-state index < -0.39 is 5.60 Å². The Hall–Kier alpha value is -4.24. The lowest BCUT2D eigenvalue weighted by Crippen LogP contribution is -2.32. The summed E-state index contributed by atoms with van der Waals surface area (Å²) in [4.78, 5) is 16.4. The Morgan fingerprint density at radius 3 is 2.34 bits per heavy atom. The van der Waals surface area contributed by atoms with Crippen LogP contribution < -0.4 is 10.1 Å². The molecule has 0 saturated heterocycles. The lowest BCUT2D eigenvalue weighted by molar-refractivity contribution is 0.0786. The van der Waals surface area contributed by atoms with Crippen molar-refractivity contribution < 1.29 is 19.0 Å². The fourth-order valence-electron chi connectivity index (χ4n) is 4.89. The highest BCUT2D eigenvalue weighted by molar-refractivity contribution is 6.07. The Balaban J connectivity index is 1.75. The molecule has 3 aromatic heterocycles. The number of benzene rings is 2. The zero-order chi connectivity index (χ0) is 29.9. The molecule has 0 aliphatic carbocycles. The summed E-state index contributed by atoms with van der Waals surface area (Å²) < 4.78 is 22.4. The fraction of sp³-hybridized carbons (Fsp3) is 0.344. The Kier molecular flexibility index (Phi) is 6.90. The summed E-state index contributed by atoms with van der Waals surface area (Å²) in [5.74, 6) is 1.18. The zero-order valence-electron chi connectivity index (χ0n) is 24.7. The van der Waals surface area contributed by atoms with Gasteiger partial charge in [0.15, 0.2) is 5.65 Å². The van der Waals surface area contributed by atoms with Crippen molar-refractivity contribution >= 4 is 22.5 Å². The minimum absolute atomic E-state index is 0.0788. The van der Waals surface area contributed by atoms with Crippen molar-refractivity contribution in [2.45, 2.75) is 61.0 Å². The average Bonchev–Trinajstić information content (AvgIpc) is 3.47. The van der Waals surface area contributed by atoms with Crippen molar-refractivity contribution in [1.82, 2.24) is 24.9 Å². The molecule has 3 heterocycles. The lowest BCUT2D eigenvalue weighted by atomic mass is 9.93. The van der Waals surface area contributed by atoms with Gasteiger partial charge in [0.2, 0.25) is 0 Å². The summed E-state index contributed by atoms with van der Waals surface area (Å²) in [5.41, 5.74) is 3.87. The highest BCUT2D eigenvalue weighted by Gasteiger charge is 2.24. The molecule has 0 atom stereocenters. The van der Waals surface area contributed by atoms with Crippen LogP contribution in [0.3, 0.4) is 0 Å². The molecule has 5 rings (SSSR count). The van der Waals surface area contributed by atoms with Gasteiger partial charge in [-0.05, 0) is 87.1 Å². The van der Waals surface area contributed by atoms with E-state index in [1.807, 2.05) is 41.8 Å². The van der Waals surface area contributed by atoms with E-state index in [2.05, 4.69) is 41.3 Å². The third kappa shape index (κ3) is 5.54. The van der Waals surface area contributed by atoms with Crippen LogP contribution >= 0.6 is 0 Å². The van der Waals surface area contributed by atoms with E-state index in [9.17, 15) is 14.3 Å². The summed E-state index contributed by atoms with van der Waals surface area (Å²) in [5, 5.41) is 23.3. The van der Waals surface area contributed by atoms with Crippen molar-refractivity contribution in [1.29, 1.82) is 0 Å². The minimum Gasteiger partial charge on any atom is -0.456 e. The third-order valence-electron chi connectivity index (χ3n) is 7.09. The lowest BCUT2D eigenvalue weighted by Gasteiger charge is -2.22. The van der Waals surface area contributed by atoms with Crippen molar-refractivity contribution in [3.63, 3.8) is 0 Å². The molecule has 0 aliphatic heterocycles. The number of hydrogen-bond donors (Lipinski definition) is 3. The number of fused-ring (bicyclic) bond motifs is 3. The number of rotatable bonds is 6. The van der Waals surface area contributed by atoms with Crippen LogP contribution in [0.2, 0.25) is 0 Å². The Morgan fingerprint density at radius 1 is 1.02 bits per heavy atom. The highest BCUT2D eigenvalue weighted by atomic mass is 19.1. The van der Waals surface area contributed by atoms with Gasteiger partial charge in [0, 0.05) is 29.3 Å². The second-order valence-electron chi connectivity index (χ2n) is 12.4. The van der Waals surface area contributed by atoms with Crippen LogP contribution in [0.15, 0.2) is 42.6 Å². The van der Waals surface area contributed by atoms with E-state index >= 15 is 0 Å². The number of nitrogens with zero attached hydrogens (tertiary/aromatic N) is 3. The number of hydrogen-bond acceptors (Lipinski definition) is 5. The quantitative estimate of drug-likeness (QED) is 0.215. The molecule has 214 valence electrons. The van der Waals surface area contributed by atoms with Crippen molar-refractivity contribution in [3.8, 4) is 22.6 Å². The summed E-state index contributed by atoms with van der Waals surface area (Å²) in [6, 6.07) is 10.2. The standard InChI is InChI=1S/C32H36FN5O3/c1-17-11-21(33)12-18(2)28(17)41-26-10-9-20(32(7,8)40)13-22(26)24-15-38-19(3)36-37-29(38)27-23(24)14-25(35-27)30(39)34-16-31(4,5)6/h9-15,35,40H,16H2,1-8H3,(H,34,39). The molecule has 5 aromatic rings. The van der Waals surface area contributed by atoms with Gasteiger partial charge < -0.3 is 20.1 Å². The fourth-order valence-corrected chi connectivity index (χ4v) is 4.89. The number of carbonyl (C=O) groups is 1. The molecule has 0 saturated carbocycles. The van der Waals surface area contributed by atoms with E-state index in [1.54, 1.807) is 27.7 Å². The summed E-state index contributed by atoms with van der Waals surface area (Å²) in [6.45, 7) is 15.6. The van der Waals surface area contributed by atoms with Crippen LogP contribution in [0.1, 0.15) is 67.6 Å². The molecular weight excluding hydrogens is 521 g/mol. The van der Waals surface area contributed by atoms with E-state index in [0.717, 1.165) is 10.9 Å². The second-order valence-corrected chi connectivity index (χ2v) is 12.4. The first-order valence-electron chi connectivity index (χ1n) is 13.6. The summed E-state index contributed by atoms with van der Waals surface area (Å²) >= 11 is 0. The molecule has 9 heteroatoms. The van der Waals surface area contributed by atoms with Crippen molar-refractivity contribution in [2.24, 2.45) is 5.41 Å². The maximum atomic E-state index is 14.1. The number of aromatic amines is 1. The number of aryl methyl sites for hydroxylation is 3. The molecular formula is C32H36FN5O3. The largest absolute Gasteiger partial charge is 0.456 e. The predicted octanol–water partition coefficient (Wildman–Crippen LogP) is 6.74. The molecule has 2 aromatic carbocycles. The van der Waals surface area contributed by atoms with Crippen LogP contribution in [-0.2, 0) is 5.60 Å². The molecule has 0 fully saturated rings. The summed E-state index contributed by atoms with van der Waals surface area (Å²) in [6.07, 6.45) is 1.92. The normalized spacial score (nSPS) is 12.3. The number of amides is 1. The molecule has 1 amide bonds. The predicted molar refractivity (Wildman–Crippen MR) is 158 cm³/mol. The number of nitrogens with one attached hydrogen (secondary N) is 2. The average molecular weight is 558 g/mol. The smallest absolute Gasteiger partial charge is 0.267 e. The number of halogens is 1. The molecule has 0 aliphatic rings. The van der Waals surface area contributed by atoms with Gasteiger partial charge in [0.1, 0.15) is 28.8 Å². The molecule has 0 bridgehead atoms. The number of aliphatic hydroxyl groups is 1. The minimum atomic E-state index is -1.12.